The maximum atomic E-state index is 13.7. The van der Waals surface area contributed by atoms with E-state index in [1.165, 1.54) is 36.4 Å². The van der Waals surface area contributed by atoms with Crippen LogP contribution >= 0.6 is 0 Å². The first kappa shape index (κ1) is 21.4. The molecule has 0 atom stereocenters. The Morgan fingerprint density at radius 1 is 1.10 bits per heavy atom. The molecular weight excluding hydrogens is 413 g/mol. The molecule has 1 heterocycles. The minimum absolute atomic E-state index is 0.0296. The van der Waals surface area contributed by atoms with Gasteiger partial charge in [0.2, 0.25) is 5.82 Å². The third kappa shape index (κ3) is 5.59. The molecule has 0 fully saturated rings. The van der Waals surface area contributed by atoms with E-state index in [-0.39, 0.29) is 41.8 Å². The molecule has 0 saturated heterocycles. The second kappa shape index (κ2) is 9.91. The molecule has 0 unspecified atom stereocenters. The van der Waals surface area contributed by atoms with Crippen LogP contribution in [0.15, 0.2) is 53.1 Å². The van der Waals surface area contributed by atoms with E-state index in [2.05, 4.69) is 20.8 Å². The SMILES string of the molecule is O=C(COc1ccccc1[N+](=O)[O-])NCCNC(=O)c1nc(-c2ccccc2F)no1. The summed E-state index contributed by atoms with van der Waals surface area (Å²) >= 11 is 0. The van der Waals surface area contributed by atoms with Gasteiger partial charge in [0.1, 0.15) is 5.82 Å². The molecular formula is C19H16FN5O6. The van der Waals surface area contributed by atoms with Crippen LogP contribution in [0.2, 0.25) is 0 Å². The quantitative estimate of drug-likeness (QED) is 0.297. The van der Waals surface area contributed by atoms with Crippen molar-refractivity contribution in [3.8, 4) is 17.1 Å². The maximum absolute atomic E-state index is 13.7. The molecule has 0 aliphatic rings. The number of rotatable bonds is 9. The van der Waals surface area contributed by atoms with Crippen LogP contribution in [0.1, 0.15) is 10.7 Å². The largest absolute Gasteiger partial charge is 0.477 e. The first-order valence-corrected chi connectivity index (χ1v) is 8.95. The number of hydrogen-bond acceptors (Lipinski definition) is 8. The summed E-state index contributed by atoms with van der Waals surface area (Å²) in [5, 5.41) is 19.4. The van der Waals surface area contributed by atoms with Gasteiger partial charge in [-0.25, -0.2) is 4.39 Å². The van der Waals surface area contributed by atoms with Gasteiger partial charge in [-0.2, -0.15) is 4.98 Å². The van der Waals surface area contributed by atoms with Gasteiger partial charge >= 0.3 is 17.5 Å². The van der Waals surface area contributed by atoms with Gasteiger partial charge in [0.15, 0.2) is 12.4 Å². The van der Waals surface area contributed by atoms with Gasteiger partial charge in [0.25, 0.3) is 5.91 Å². The smallest absolute Gasteiger partial charge is 0.316 e. The predicted molar refractivity (Wildman–Crippen MR) is 104 cm³/mol. The summed E-state index contributed by atoms with van der Waals surface area (Å²) in [7, 11) is 0. The van der Waals surface area contributed by atoms with Crippen molar-refractivity contribution in [2.75, 3.05) is 19.7 Å². The Kier molecular flexibility index (Phi) is 6.83. The number of carbonyl (C=O) groups excluding carboxylic acids is 2. The van der Waals surface area contributed by atoms with E-state index in [4.69, 9.17) is 9.26 Å². The first-order chi connectivity index (χ1) is 15.0. The number of ether oxygens (including phenoxy) is 1. The highest BCUT2D eigenvalue weighted by Crippen LogP contribution is 2.25. The lowest BCUT2D eigenvalue weighted by atomic mass is 10.2. The van der Waals surface area contributed by atoms with Crippen molar-refractivity contribution < 1.29 is 28.2 Å². The summed E-state index contributed by atoms with van der Waals surface area (Å²) in [4.78, 5) is 38.0. The highest BCUT2D eigenvalue weighted by molar-refractivity contribution is 5.89. The summed E-state index contributed by atoms with van der Waals surface area (Å²) in [6, 6.07) is 11.5. The van der Waals surface area contributed by atoms with E-state index < -0.39 is 29.2 Å². The summed E-state index contributed by atoms with van der Waals surface area (Å²) in [5.41, 5.74) is -0.159. The Hall–Kier alpha value is -4.35. The molecule has 160 valence electrons. The number of benzene rings is 2. The normalized spacial score (nSPS) is 10.4. The van der Waals surface area contributed by atoms with E-state index >= 15 is 0 Å². The zero-order chi connectivity index (χ0) is 22.2. The first-order valence-electron chi connectivity index (χ1n) is 8.95. The molecule has 2 aromatic carbocycles. The van der Waals surface area contributed by atoms with E-state index in [0.717, 1.165) is 0 Å². The van der Waals surface area contributed by atoms with Crippen LogP contribution in [-0.4, -0.2) is 46.6 Å². The maximum Gasteiger partial charge on any atom is 0.316 e. The number of hydrogen-bond donors (Lipinski definition) is 2. The van der Waals surface area contributed by atoms with Crippen molar-refractivity contribution in [2.45, 2.75) is 0 Å². The average Bonchev–Trinajstić information content (AvgIpc) is 3.25. The lowest BCUT2D eigenvalue weighted by Crippen LogP contribution is -2.36. The van der Waals surface area contributed by atoms with Crippen LogP contribution in [0.3, 0.4) is 0 Å². The van der Waals surface area contributed by atoms with Gasteiger partial charge in [0, 0.05) is 19.2 Å². The lowest BCUT2D eigenvalue weighted by molar-refractivity contribution is -0.385. The van der Waals surface area contributed by atoms with Gasteiger partial charge in [-0.05, 0) is 18.2 Å². The van der Waals surface area contributed by atoms with Crippen molar-refractivity contribution in [1.29, 1.82) is 0 Å². The summed E-state index contributed by atoms with van der Waals surface area (Å²) in [6.45, 7) is -0.346. The molecule has 0 bridgehead atoms. The van der Waals surface area contributed by atoms with Crippen molar-refractivity contribution in [3.63, 3.8) is 0 Å². The van der Waals surface area contributed by atoms with Crippen LogP contribution in [-0.2, 0) is 4.79 Å². The van der Waals surface area contributed by atoms with E-state index in [9.17, 15) is 24.1 Å². The number of para-hydroxylation sites is 2. The molecule has 3 rings (SSSR count). The van der Waals surface area contributed by atoms with Crippen LogP contribution in [0.25, 0.3) is 11.4 Å². The highest BCUT2D eigenvalue weighted by Gasteiger charge is 2.18. The molecule has 0 aliphatic heterocycles. The topological polar surface area (TPSA) is 149 Å². The standard InChI is InChI=1S/C19H16FN5O6/c20-13-6-2-1-5-12(13)17-23-19(31-24-17)18(27)22-10-9-21-16(26)11-30-15-8-4-3-7-14(15)25(28)29/h1-8H,9-11H2,(H,21,26)(H,22,27). The Morgan fingerprint density at radius 3 is 2.58 bits per heavy atom. The Morgan fingerprint density at radius 2 is 1.81 bits per heavy atom. The van der Waals surface area contributed by atoms with Crippen molar-refractivity contribution in [1.82, 2.24) is 20.8 Å². The predicted octanol–water partition coefficient (Wildman–Crippen LogP) is 1.71. The lowest BCUT2D eigenvalue weighted by Gasteiger charge is -2.08. The van der Waals surface area contributed by atoms with Crippen LogP contribution in [0.4, 0.5) is 10.1 Å². The van der Waals surface area contributed by atoms with Crippen LogP contribution < -0.4 is 15.4 Å². The Labute approximate surface area is 174 Å². The molecule has 0 saturated carbocycles. The molecule has 2 N–H and O–H groups in total. The number of nitro groups is 1. The van der Waals surface area contributed by atoms with E-state index in [1.807, 2.05) is 0 Å². The van der Waals surface area contributed by atoms with E-state index in [1.54, 1.807) is 12.1 Å². The number of halogens is 1. The fourth-order valence-electron chi connectivity index (χ4n) is 2.45. The third-order valence-corrected chi connectivity index (χ3v) is 3.89. The van der Waals surface area contributed by atoms with Gasteiger partial charge in [-0.15, -0.1) is 0 Å². The average molecular weight is 429 g/mol. The number of aromatic nitrogens is 2. The summed E-state index contributed by atoms with van der Waals surface area (Å²) in [5.74, 6) is -2.24. The van der Waals surface area contributed by atoms with Crippen molar-refractivity contribution >= 4 is 17.5 Å². The minimum Gasteiger partial charge on any atom is -0.477 e. The number of nitro benzene ring substituents is 1. The van der Waals surface area contributed by atoms with Crippen LogP contribution in [0, 0.1) is 15.9 Å². The van der Waals surface area contributed by atoms with Crippen LogP contribution in [0.5, 0.6) is 5.75 Å². The number of nitrogens with zero attached hydrogens (tertiary/aromatic N) is 3. The van der Waals surface area contributed by atoms with Gasteiger partial charge < -0.3 is 19.9 Å². The van der Waals surface area contributed by atoms with Gasteiger partial charge in [-0.3, -0.25) is 19.7 Å². The fraction of sp³-hybridized carbons (Fsp3) is 0.158. The number of carbonyl (C=O) groups is 2. The van der Waals surface area contributed by atoms with Gasteiger partial charge in [-0.1, -0.05) is 29.4 Å². The van der Waals surface area contributed by atoms with E-state index in [0.29, 0.717) is 0 Å². The second-order valence-electron chi connectivity index (χ2n) is 6.02. The molecule has 0 radical (unpaired) electrons. The molecule has 3 aromatic rings. The second-order valence-corrected chi connectivity index (χ2v) is 6.02. The molecule has 1 aromatic heterocycles. The van der Waals surface area contributed by atoms with Gasteiger partial charge in [0.05, 0.1) is 10.5 Å². The Bertz CT molecular complexity index is 1100. The summed E-state index contributed by atoms with van der Waals surface area (Å²) in [6.07, 6.45) is 0. The molecule has 12 heteroatoms. The Balaban J connectivity index is 1.42. The number of amides is 2. The van der Waals surface area contributed by atoms with Crippen molar-refractivity contribution in [3.05, 3.63) is 70.4 Å². The molecule has 0 aliphatic carbocycles. The number of nitrogens with one attached hydrogen (secondary N) is 2. The minimum atomic E-state index is -0.694. The highest BCUT2D eigenvalue weighted by atomic mass is 19.1. The zero-order valence-electron chi connectivity index (χ0n) is 15.9. The zero-order valence-corrected chi connectivity index (χ0v) is 15.9. The molecule has 2 amide bonds. The third-order valence-electron chi connectivity index (χ3n) is 3.89. The molecule has 31 heavy (non-hydrogen) atoms. The fourth-order valence-corrected chi connectivity index (χ4v) is 2.45. The molecule has 11 nitrogen and oxygen atoms in total. The monoisotopic (exact) mass is 429 g/mol. The summed E-state index contributed by atoms with van der Waals surface area (Å²) < 4.78 is 23.7. The van der Waals surface area contributed by atoms with Crippen molar-refractivity contribution in [2.24, 2.45) is 0 Å². The molecule has 0 spiro atoms.